The summed E-state index contributed by atoms with van der Waals surface area (Å²) in [6, 6.07) is 0.524. The molecule has 1 aromatic heterocycles. The SMILES string of the molecule is CCNCC1CCCN1c1cncc(OC)n1. The molecule has 0 aliphatic carbocycles. The van der Waals surface area contributed by atoms with Gasteiger partial charge in [-0.3, -0.25) is 4.98 Å². The largest absolute Gasteiger partial charge is 0.480 e. The zero-order valence-electron chi connectivity index (χ0n) is 10.5. The molecular formula is C12H20N4O. The number of nitrogens with zero attached hydrogens (tertiary/aromatic N) is 3. The van der Waals surface area contributed by atoms with Crippen molar-refractivity contribution in [3.63, 3.8) is 0 Å². The lowest BCUT2D eigenvalue weighted by Crippen LogP contribution is -2.38. The van der Waals surface area contributed by atoms with Crippen molar-refractivity contribution in [2.75, 3.05) is 31.6 Å². The van der Waals surface area contributed by atoms with Crippen LogP contribution in [-0.2, 0) is 0 Å². The summed E-state index contributed by atoms with van der Waals surface area (Å²) in [4.78, 5) is 10.9. The quantitative estimate of drug-likeness (QED) is 0.828. The average Bonchev–Trinajstić information content (AvgIpc) is 2.84. The summed E-state index contributed by atoms with van der Waals surface area (Å²) < 4.78 is 5.11. The van der Waals surface area contributed by atoms with Crippen LogP contribution in [0.1, 0.15) is 19.8 Å². The van der Waals surface area contributed by atoms with Gasteiger partial charge in [-0.25, -0.2) is 0 Å². The van der Waals surface area contributed by atoms with E-state index >= 15 is 0 Å². The number of hydrogen-bond acceptors (Lipinski definition) is 5. The molecule has 1 aliphatic heterocycles. The van der Waals surface area contributed by atoms with Crippen molar-refractivity contribution in [1.82, 2.24) is 15.3 Å². The predicted octanol–water partition coefficient (Wildman–Crippen LogP) is 1.06. The van der Waals surface area contributed by atoms with Crippen LogP contribution < -0.4 is 15.0 Å². The molecule has 1 aliphatic rings. The standard InChI is InChI=1S/C12H20N4O/c1-3-13-7-10-5-4-6-16(10)11-8-14-9-12(15-11)17-2/h8-10,13H,3-7H2,1-2H3. The van der Waals surface area contributed by atoms with Crippen molar-refractivity contribution in [2.45, 2.75) is 25.8 Å². The summed E-state index contributed by atoms with van der Waals surface area (Å²) in [5, 5.41) is 3.40. The van der Waals surface area contributed by atoms with Crippen LogP contribution in [0.2, 0.25) is 0 Å². The van der Waals surface area contributed by atoms with Crippen LogP contribution >= 0.6 is 0 Å². The summed E-state index contributed by atoms with van der Waals surface area (Å²) in [5.41, 5.74) is 0. The highest BCUT2D eigenvalue weighted by Gasteiger charge is 2.25. The number of ether oxygens (including phenoxy) is 1. The van der Waals surface area contributed by atoms with Crippen LogP contribution in [-0.4, -0.2) is 42.8 Å². The Bertz CT molecular complexity index is 358. The topological polar surface area (TPSA) is 50.3 Å². The minimum absolute atomic E-state index is 0.524. The Balaban J connectivity index is 2.08. The fourth-order valence-electron chi connectivity index (χ4n) is 2.24. The number of nitrogens with one attached hydrogen (secondary N) is 1. The normalized spacial score (nSPS) is 19.6. The summed E-state index contributed by atoms with van der Waals surface area (Å²) in [6.45, 7) is 5.20. The number of methoxy groups -OCH3 is 1. The Kier molecular flexibility index (Phi) is 4.14. The zero-order valence-corrected chi connectivity index (χ0v) is 10.5. The lowest BCUT2D eigenvalue weighted by Gasteiger charge is -2.25. The highest BCUT2D eigenvalue weighted by molar-refractivity contribution is 5.40. The molecule has 2 rings (SSSR count). The molecule has 0 spiro atoms. The van der Waals surface area contributed by atoms with E-state index in [2.05, 4.69) is 27.1 Å². The Morgan fingerprint density at radius 3 is 3.18 bits per heavy atom. The molecule has 0 saturated carbocycles. The van der Waals surface area contributed by atoms with Gasteiger partial charge in [0.05, 0.1) is 19.5 Å². The fourth-order valence-corrected chi connectivity index (χ4v) is 2.24. The van der Waals surface area contributed by atoms with Gasteiger partial charge in [0.1, 0.15) is 0 Å². The van der Waals surface area contributed by atoms with Crippen molar-refractivity contribution in [3.05, 3.63) is 12.4 Å². The first-order valence-corrected chi connectivity index (χ1v) is 6.18. The van der Waals surface area contributed by atoms with E-state index in [1.54, 1.807) is 13.3 Å². The third-order valence-corrected chi connectivity index (χ3v) is 3.11. The predicted molar refractivity (Wildman–Crippen MR) is 67.5 cm³/mol. The molecule has 1 unspecified atom stereocenters. The molecular weight excluding hydrogens is 216 g/mol. The van der Waals surface area contributed by atoms with E-state index in [9.17, 15) is 0 Å². The maximum absolute atomic E-state index is 5.11. The molecule has 1 atom stereocenters. The lowest BCUT2D eigenvalue weighted by molar-refractivity contribution is 0.395. The highest BCUT2D eigenvalue weighted by atomic mass is 16.5. The van der Waals surface area contributed by atoms with Gasteiger partial charge in [0, 0.05) is 19.1 Å². The van der Waals surface area contributed by atoms with Crippen molar-refractivity contribution < 1.29 is 4.74 Å². The summed E-state index contributed by atoms with van der Waals surface area (Å²) in [6.07, 6.45) is 5.88. The van der Waals surface area contributed by atoms with E-state index in [1.807, 2.05) is 6.20 Å². The van der Waals surface area contributed by atoms with E-state index in [-0.39, 0.29) is 0 Å². The second-order valence-electron chi connectivity index (χ2n) is 4.22. The van der Waals surface area contributed by atoms with Crippen molar-refractivity contribution in [3.8, 4) is 5.88 Å². The number of hydrogen-bond donors (Lipinski definition) is 1. The maximum Gasteiger partial charge on any atom is 0.233 e. The molecule has 94 valence electrons. The molecule has 2 heterocycles. The van der Waals surface area contributed by atoms with Crippen LogP contribution in [0.15, 0.2) is 12.4 Å². The van der Waals surface area contributed by atoms with Crippen LogP contribution in [0.4, 0.5) is 5.82 Å². The molecule has 1 aromatic rings. The summed E-state index contributed by atoms with van der Waals surface area (Å²) >= 11 is 0. The Morgan fingerprint density at radius 1 is 1.53 bits per heavy atom. The van der Waals surface area contributed by atoms with E-state index in [1.165, 1.54) is 12.8 Å². The number of aromatic nitrogens is 2. The molecule has 1 N–H and O–H groups in total. The van der Waals surface area contributed by atoms with Gasteiger partial charge in [0.2, 0.25) is 5.88 Å². The first-order valence-electron chi connectivity index (χ1n) is 6.18. The molecule has 0 radical (unpaired) electrons. The molecule has 0 bridgehead atoms. The monoisotopic (exact) mass is 236 g/mol. The molecule has 0 aromatic carbocycles. The average molecular weight is 236 g/mol. The first kappa shape index (κ1) is 12.1. The van der Waals surface area contributed by atoms with Crippen LogP contribution in [0.5, 0.6) is 5.88 Å². The van der Waals surface area contributed by atoms with Gasteiger partial charge in [-0.15, -0.1) is 0 Å². The molecule has 17 heavy (non-hydrogen) atoms. The fraction of sp³-hybridized carbons (Fsp3) is 0.667. The Morgan fingerprint density at radius 2 is 2.41 bits per heavy atom. The Labute approximate surface area is 102 Å². The molecule has 5 nitrogen and oxygen atoms in total. The van der Waals surface area contributed by atoms with Crippen molar-refractivity contribution >= 4 is 5.82 Å². The van der Waals surface area contributed by atoms with Crippen LogP contribution in [0.3, 0.4) is 0 Å². The van der Waals surface area contributed by atoms with Gasteiger partial charge in [0.25, 0.3) is 0 Å². The van der Waals surface area contributed by atoms with Gasteiger partial charge in [-0.05, 0) is 19.4 Å². The van der Waals surface area contributed by atoms with Crippen molar-refractivity contribution in [1.29, 1.82) is 0 Å². The van der Waals surface area contributed by atoms with Gasteiger partial charge in [0.15, 0.2) is 5.82 Å². The molecule has 1 fully saturated rings. The maximum atomic E-state index is 5.11. The van der Waals surface area contributed by atoms with E-state index < -0.39 is 0 Å². The van der Waals surface area contributed by atoms with Crippen LogP contribution in [0, 0.1) is 0 Å². The zero-order chi connectivity index (χ0) is 12.1. The molecule has 5 heteroatoms. The molecule has 0 amide bonds. The van der Waals surface area contributed by atoms with Gasteiger partial charge < -0.3 is 15.0 Å². The minimum Gasteiger partial charge on any atom is -0.480 e. The number of anilines is 1. The van der Waals surface area contributed by atoms with Gasteiger partial charge in [-0.1, -0.05) is 6.92 Å². The van der Waals surface area contributed by atoms with E-state index in [4.69, 9.17) is 4.74 Å². The van der Waals surface area contributed by atoms with E-state index in [0.29, 0.717) is 11.9 Å². The van der Waals surface area contributed by atoms with Crippen molar-refractivity contribution in [2.24, 2.45) is 0 Å². The number of rotatable bonds is 5. The Hall–Kier alpha value is -1.36. The first-order chi connectivity index (χ1) is 8.35. The highest BCUT2D eigenvalue weighted by Crippen LogP contribution is 2.24. The van der Waals surface area contributed by atoms with Gasteiger partial charge in [-0.2, -0.15) is 4.98 Å². The second-order valence-corrected chi connectivity index (χ2v) is 4.22. The number of likely N-dealkylation sites (N-methyl/N-ethyl adjacent to an activating group) is 1. The van der Waals surface area contributed by atoms with E-state index in [0.717, 1.165) is 25.5 Å². The summed E-state index contributed by atoms with van der Waals surface area (Å²) in [5.74, 6) is 1.50. The van der Waals surface area contributed by atoms with Crippen LogP contribution in [0.25, 0.3) is 0 Å². The summed E-state index contributed by atoms with van der Waals surface area (Å²) in [7, 11) is 1.62. The second kappa shape index (κ2) is 5.82. The smallest absolute Gasteiger partial charge is 0.233 e. The molecule has 1 saturated heterocycles. The van der Waals surface area contributed by atoms with Gasteiger partial charge >= 0.3 is 0 Å². The lowest BCUT2D eigenvalue weighted by atomic mass is 10.2. The minimum atomic E-state index is 0.524. The third-order valence-electron chi connectivity index (χ3n) is 3.11. The third kappa shape index (κ3) is 2.85.